The molecule has 0 saturated carbocycles. The Bertz CT molecular complexity index is 554. The van der Waals surface area contributed by atoms with Crippen molar-refractivity contribution in [1.29, 1.82) is 0 Å². The first-order valence-corrected chi connectivity index (χ1v) is 8.45. The Balaban J connectivity index is 2.22. The van der Waals surface area contributed by atoms with E-state index in [1.807, 2.05) is 25.1 Å². The highest BCUT2D eigenvalue weighted by atomic mass is 79.9. The minimum atomic E-state index is 0.259. The predicted octanol–water partition coefficient (Wildman–Crippen LogP) is 6.09. The Hall–Kier alpha value is -0.800. The molecule has 0 aliphatic rings. The Kier molecular flexibility index (Phi) is 5.67. The lowest BCUT2D eigenvalue weighted by Gasteiger charge is -2.21. The van der Waals surface area contributed by atoms with E-state index in [2.05, 4.69) is 69.1 Å². The molecule has 2 atom stereocenters. The monoisotopic (exact) mass is 396 g/mol. The number of hydrogen-bond acceptors (Lipinski definition) is 1. The molecule has 0 aliphatic heterocycles. The van der Waals surface area contributed by atoms with Crippen molar-refractivity contribution in [1.82, 2.24) is 0 Å². The highest BCUT2D eigenvalue weighted by Gasteiger charge is 2.20. The van der Waals surface area contributed by atoms with E-state index in [1.165, 1.54) is 11.1 Å². The maximum atomic E-state index is 5.52. The molecular weight excluding hydrogens is 380 g/mol. The quantitative estimate of drug-likeness (QED) is 0.554. The highest BCUT2D eigenvalue weighted by Crippen LogP contribution is 2.41. The van der Waals surface area contributed by atoms with Crippen molar-refractivity contribution in [3.05, 3.63) is 64.1 Å². The van der Waals surface area contributed by atoms with Crippen molar-refractivity contribution >= 4 is 31.9 Å². The van der Waals surface area contributed by atoms with Gasteiger partial charge >= 0.3 is 0 Å². The van der Waals surface area contributed by atoms with E-state index in [9.17, 15) is 0 Å². The Morgan fingerprint density at radius 3 is 2.40 bits per heavy atom. The summed E-state index contributed by atoms with van der Waals surface area (Å²) in [4.78, 5) is 0.259. The van der Waals surface area contributed by atoms with E-state index >= 15 is 0 Å². The summed E-state index contributed by atoms with van der Waals surface area (Å²) in [7, 11) is 0. The van der Waals surface area contributed by atoms with E-state index < -0.39 is 0 Å². The molecule has 106 valence electrons. The molecule has 0 amide bonds. The summed E-state index contributed by atoms with van der Waals surface area (Å²) >= 11 is 7.48. The van der Waals surface area contributed by atoms with Crippen LogP contribution in [-0.4, -0.2) is 6.61 Å². The summed E-state index contributed by atoms with van der Waals surface area (Å²) in [5.41, 5.74) is 2.57. The smallest absolute Gasteiger partial charge is 0.120 e. The van der Waals surface area contributed by atoms with Gasteiger partial charge in [-0.1, -0.05) is 75.2 Å². The number of benzene rings is 2. The summed E-state index contributed by atoms with van der Waals surface area (Å²) in [6, 6.07) is 16.7. The normalized spacial score (nSPS) is 13.8. The molecule has 3 heteroatoms. The second kappa shape index (κ2) is 7.28. The van der Waals surface area contributed by atoms with E-state index in [0.29, 0.717) is 12.5 Å². The first-order valence-electron chi connectivity index (χ1n) is 6.74. The number of alkyl halides is 1. The van der Waals surface area contributed by atoms with Crippen LogP contribution in [0.15, 0.2) is 53.0 Å². The molecule has 0 bridgehead atoms. The molecule has 2 aromatic rings. The molecule has 0 spiro atoms. The van der Waals surface area contributed by atoms with Crippen molar-refractivity contribution in [3.63, 3.8) is 0 Å². The summed E-state index contributed by atoms with van der Waals surface area (Å²) in [6.07, 6.45) is 0. The van der Waals surface area contributed by atoms with Gasteiger partial charge in [0.15, 0.2) is 0 Å². The second-order valence-corrected chi connectivity index (χ2v) is 6.56. The minimum Gasteiger partial charge on any atom is -0.494 e. The zero-order valence-corrected chi connectivity index (χ0v) is 14.8. The van der Waals surface area contributed by atoms with Gasteiger partial charge in [0.05, 0.1) is 6.61 Å². The third-order valence-electron chi connectivity index (χ3n) is 3.34. The fourth-order valence-corrected chi connectivity index (χ4v) is 3.80. The molecule has 0 saturated heterocycles. The molecular formula is C17H18Br2O. The van der Waals surface area contributed by atoms with Crippen LogP contribution < -0.4 is 4.74 Å². The maximum absolute atomic E-state index is 5.52. The van der Waals surface area contributed by atoms with Gasteiger partial charge in [-0.25, -0.2) is 0 Å². The van der Waals surface area contributed by atoms with E-state index in [4.69, 9.17) is 4.74 Å². The van der Waals surface area contributed by atoms with Crippen LogP contribution in [0.2, 0.25) is 0 Å². The van der Waals surface area contributed by atoms with Crippen molar-refractivity contribution in [2.45, 2.75) is 24.6 Å². The zero-order chi connectivity index (χ0) is 14.5. The highest BCUT2D eigenvalue weighted by molar-refractivity contribution is 9.11. The van der Waals surface area contributed by atoms with Crippen LogP contribution in [0.4, 0.5) is 0 Å². The van der Waals surface area contributed by atoms with E-state index in [0.717, 1.165) is 10.2 Å². The summed E-state index contributed by atoms with van der Waals surface area (Å²) in [5, 5.41) is 0. The van der Waals surface area contributed by atoms with Gasteiger partial charge in [-0.2, -0.15) is 0 Å². The van der Waals surface area contributed by atoms with Crippen LogP contribution in [-0.2, 0) is 0 Å². The summed E-state index contributed by atoms with van der Waals surface area (Å²) in [5.74, 6) is 1.29. The van der Waals surface area contributed by atoms with Crippen LogP contribution in [0.3, 0.4) is 0 Å². The van der Waals surface area contributed by atoms with Crippen molar-refractivity contribution < 1.29 is 4.74 Å². The number of rotatable bonds is 5. The molecule has 0 fully saturated rings. The molecule has 2 rings (SSSR count). The number of hydrogen-bond donors (Lipinski definition) is 0. The number of ether oxygens (including phenoxy) is 1. The van der Waals surface area contributed by atoms with Gasteiger partial charge < -0.3 is 4.74 Å². The molecule has 2 unspecified atom stereocenters. The number of halogens is 2. The third-order valence-corrected chi connectivity index (χ3v) is 5.32. The molecule has 20 heavy (non-hydrogen) atoms. The van der Waals surface area contributed by atoms with Crippen molar-refractivity contribution in [3.8, 4) is 5.75 Å². The summed E-state index contributed by atoms with van der Waals surface area (Å²) in [6.45, 7) is 4.91. The standard InChI is InChI=1S/C17H18Br2O/c1-3-20-14-9-10-15(16(18)11-14)17(19)12(2)13-7-5-4-6-8-13/h4-12,17H,3H2,1-2H3. The molecule has 0 aromatic heterocycles. The van der Waals surface area contributed by atoms with E-state index in [-0.39, 0.29) is 4.83 Å². The second-order valence-electron chi connectivity index (χ2n) is 4.72. The van der Waals surface area contributed by atoms with Crippen molar-refractivity contribution in [2.75, 3.05) is 6.61 Å². The molecule has 0 N–H and O–H groups in total. The first kappa shape index (κ1) is 15.6. The fraction of sp³-hybridized carbons (Fsp3) is 0.294. The molecule has 0 radical (unpaired) electrons. The van der Waals surface area contributed by atoms with Crippen LogP contribution in [0, 0.1) is 0 Å². The van der Waals surface area contributed by atoms with E-state index in [1.54, 1.807) is 0 Å². The maximum Gasteiger partial charge on any atom is 0.120 e. The van der Waals surface area contributed by atoms with Gasteiger partial charge in [0, 0.05) is 9.30 Å². The van der Waals surface area contributed by atoms with Gasteiger partial charge in [0.1, 0.15) is 5.75 Å². The Morgan fingerprint density at radius 2 is 1.80 bits per heavy atom. The van der Waals surface area contributed by atoms with Gasteiger partial charge in [-0.3, -0.25) is 0 Å². The average molecular weight is 398 g/mol. The largest absolute Gasteiger partial charge is 0.494 e. The zero-order valence-electron chi connectivity index (χ0n) is 11.6. The lowest BCUT2D eigenvalue weighted by atomic mass is 9.93. The molecule has 1 nitrogen and oxygen atoms in total. The van der Waals surface area contributed by atoms with Crippen LogP contribution in [0.5, 0.6) is 5.75 Å². The minimum absolute atomic E-state index is 0.259. The van der Waals surface area contributed by atoms with Crippen LogP contribution >= 0.6 is 31.9 Å². The van der Waals surface area contributed by atoms with Gasteiger partial charge in [-0.15, -0.1) is 0 Å². The summed E-state index contributed by atoms with van der Waals surface area (Å²) < 4.78 is 6.60. The molecule has 2 aromatic carbocycles. The van der Waals surface area contributed by atoms with Gasteiger partial charge in [-0.05, 0) is 36.1 Å². The van der Waals surface area contributed by atoms with Crippen LogP contribution in [0.25, 0.3) is 0 Å². The fourth-order valence-electron chi connectivity index (χ4n) is 2.18. The average Bonchev–Trinajstić information content (AvgIpc) is 2.47. The predicted molar refractivity (Wildman–Crippen MR) is 91.8 cm³/mol. The van der Waals surface area contributed by atoms with Crippen LogP contribution in [0.1, 0.15) is 35.7 Å². The Morgan fingerprint density at radius 1 is 1.10 bits per heavy atom. The topological polar surface area (TPSA) is 9.23 Å². The van der Waals surface area contributed by atoms with Gasteiger partial charge in [0.2, 0.25) is 0 Å². The first-order chi connectivity index (χ1) is 9.63. The molecule has 0 heterocycles. The molecule has 0 aliphatic carbocycles. The lowest BCUT2D eigenvalue weighted by molar-refractivity contribution is 0.340. The van der Waals surface area contributed by atoms with Crippen molar-refractivity contribution in [2.24, 2.45) is 0 Å². The Labute approximate surface area is 137 Å². The van der Waals surface area contributed by atoms with Gasteiger partial charge in [0.25, 0.3) is 0 Å². The third kappa shape index (κ3) is 3.64. The lowest BCUT2D eigenvalue weighted by Crippen LogP contribution is -2.03. The SMILES string of the molecule is CCOc1ccc(C(Br)C(C)c2ccccc2)c(Br)c1.